The third kappa shape index (κ3) is 4.19. The number of benzene rings is 1. The van der Waals surface area contributed by atoms with Crippen LogP contribution in [0.25, 0.3) is 0 Å². The summed E-state index contributed by atoms with van der Waals surface area (Å²) < 4.78 is 10.4. The second-order valence-electron chi connectivity index (χ2n) is 4.95. The first kappa shape index (κ1) is 16.3. The number of rotatable bonds is 6. The predicted molar refractivity (Wildman–Crippen MR) is 80.1 cm³/mol. The molecule has 7 nitrogen and oxygen atoms in total. The SMILES string of the molecule is COc1ccccc1NC(=O)C[C@@H](C(=O)O)N1CCOCC1. The minimum atomic E-state index is -1.00. The van der Waals surface area contributed by atoms with Gasteiger partial charge in [0.25, 0.3) is 0 Å². The normalized spacial score (nSPS) is 16.8. The number of methoxy groups -OCH3 is 1. The molecular weight excluding hydrogens is 288 g/mol. The number of anilines is 1. The quantitative estimate of drug-likeness (QED) is 0.808. The fraction of sp³-hybridized carbons (Fsp3) is 0.467. The molecule has 1 fully saturated rings. The number of aliphatic carboxylic acids is 1. The minimum absolute atomic E-state index is 0.118. The van der Waals surface area contributed by atoms with Crippen LogP contribution in [0.3, 0.4) is 0 Å². The molecule has 1 amide bonds. The highest BCUT2D eigenvalue weighted by Gasteiger charge is 2.29. The summed E-state index contributed by atoms with van der Waals surface area (Å²) in [6, 6.07) is 6.16. The van der Waals surface area contributed by atoms with Crippen molar-refractivity contribution in [2.75, 3.05) is 38.7 Å². The van der Waals surface area contributed by atoms with Crippen molar-refractivity contribution in [1.29, 1.82) is 0 Å². The average molecular weight is 308 g/mol. The van der Waals surface area contributed by atoms with E-state index in [0.29, 0.717) is 37.7 Å². The topological polar surface area (TPSA) is 88.1 Å². The van der Waals surface area contributed by atoms with Crippen LogP contribution in [-0.2, 0) is 14.3 Å². The molecule has 1 aliphatic heterocycles. The van der Waals surface area contributed by atoms with Gasteiger partial charge in [0.05, 0.1) is 32.4 Å². The average Bonchev–Trinajstić information content (AvgIpc) is 2.53. The molecule has 1 aliphatic rings. The van der Waals surface area contributed by atoms with Crippen LogP contribution >= 0.6 is 0 Å². The second-order valence-corrected chi connectivity index (χ2v) is 4.95. The summed E-state index contributed by atoms with van der Waals surface area (Å²) in [6.07, 6.45) is -0.118. The molecule has 2 N–H and O–H groups in total. The van der Waals surface area contributed by atoms with E-state index in [-0.39, 0.29) is 12.3 Å². The van der Waals surface area contributed by atoms with Gasteiger partial charge in [0, 0.05) is 13.1 Å². The number of carbonyl (C=O) groups excluding carboxylic acids is 1. The Labute approximate surface area is 128 Å². The highest BCUT2D eigenvalue weighted by atomic mass is 16.5. The van der Waals surface area contributed by atoms with Crippen LogP contribution < -0.4 is 10.1 Å². The largest absolute Gasteiger partial charge is 0.495 e. The molecule has 1 heterocycles. The third-order valence-electron chi connectivity index (χ3n) is 3.53. The molecule has 0 unspecified atom stereocenters. The van der Waals surface area contributed by atoms with Gasteiger partial charge in [-0.15, -0.1) is 0 Å². The molecule has 0 bridgehead atoms. The first-order valence-electron chi connectivity index (χ1n) is 7.09. The number of nitrogens with one attached hydrogen (secondary N) is 1. The molecule has 1 aromatic rings. The zero-order valence-electron chi connectivity index (χ0n) is 12.4. The summed E-state index contributed by atoms with van der Waals surface area (Å²) in [5.74, 6) is -0.824. The molecule has 7 heteroatoms. The van der Waals surface area contributed by atoms with Crippen LogP contribution in [0, 0.1) is 0 Å². The van der Waals surface area contributed by atoms with Gasteiger partial charge in [0.1, 0.15) is 11.8 Å². The highest BCUT2D eigenvalue weighted by Crippen LogP contribution is 2.23. The summed E-state index contributed by atoms with van der Waals surface area (Å²) >= 11 is 0. The number of carboxylic acids is 1. The number of carbonyl (C=O) groups is 2. The first-order chi connectivity index (χ1) is 10.6. The summed E-state index contributed by atoms with van der Waals surface area (Å²) in [4.78, 5) is 25.3. The number of morpholine rings is 1. The molecule has 2 rings (SSSR count). The van der Waals surface area contributed by atoms with Crippen LogP contribution in [0.15, 0.2) is 24.3 Å². The lowest BCUT2D eigenvalue weighted by atomic mass is 10.1. The number of hydrogen-bond acceptors (Lipinski definition) is 5. The van der Waals surface area contributed by atoms with Crippen LogP contribution in [0.1, 0.15) is 6.42 Å². The monoisotopic (exact) mass is 308 g/mol. The molecule has 1 saturated heterocycles. The third-order valence-corrected chi connectivity index (χ3v) is 3.53. The Balaban J connectivity index is 2.00. The Morgan fingerprint density at radius 2 is 2.05 bits per heavy atom. The Morgan fingerprint density at radius 3 is 2.68 bits per heavy atom. The summed E-state index contributed by atoms with van der Waals surface area (Å²) in [5, 5.41) is 12.1. The molecule has 0 radical (unpaired) electrons. The van der Waals surface area contributed by atoms with E-state index >= 15 is 0 Å². The first-order valence-corrected chi connectivity index (χ1v) is 7.09. The molecule has 0 saturated carbocycles. The van der Waals surface area contributed by atoms with E-state index in [0.717, 1.165) is 0 Å². The Morgan fingerprint density at radius 1 is 1.36 bits per heavy atom. The number of ether oxygens (including phenoxy) is 2. The van der Waals surface area contributed by atoms with E-state index in [1.165, 1.54) is 7.11 Å². The van der Waals surface area contributed by atoms with E-state index in [2.05, 4.69) is 5.32 Å². The van der Waals surface area contributed by atoms with E-state index in [1.807, 2.05) is 0 Å². The number of amides is 1. The van der Waals surface area contributed by atoms with E-state index in [9.17, 15) is 14.7 Å². The predicted octanol–water partition coefficient (Wildman–Crippen LogP) is 0.809. The van der Waals surface area contributed by atoms with Gasteiger partial charge in [-0.25, -0.2) is 0 Å². The number of para-hydroxylation sites is 2. The Bertz CT molecular complexity index is 528. The van der Waals surface area contributed by atoms with Crippen LogP contribution in [-0.4, -0.2) is 61.3 Å². The maximum Gasteiger partial charge on any atom is 0.321 e. The standard InChI is InChI=1S/C15H20N2O5/c1-21-13-5-3-2-4-11(13)16-14(18)10-12(15(19)20)17-6-8-22-9-7-17/h2-5,12H,6-10H2,1H3,(H,16,18)(H,19,20)/t12-/m0/s1. The molecule has 1 atom stereocenters. The van der Waals surface area contributed by atoms with E-state index in [4.69, 9.17) is 9.47 Å². The zero-order chi connectivity index (χ0) is 15.9. The molecule has 120 valence electrons. The van der Waals surface area contributed by atoms with Crippen molar-refractivity contribution < 1.29 is 24.2 Å². The fourth-order valence-corrected chi connectivity index (χ4v) is 2.39. The number of nitrogens with zero attached hydrogens (tertiary/aromatic N) is 1. The molecular formula is C15H20N2O5. The maximum absolute atomic E-state index is 12.2. The molecule has 0 spiro atoms. The lowest BCUT2D eigenvalue weighted by Crippen LogP contribution is -2.48. The smallest absolute Gasteiger partial charge is 0.321 e. The lowest BCUT2D eigenvalue weighted by molar-refractivity contribution is -0.147. The highest BCUT2D eigenvalue weighted by molar-refractivity contribution is 5.95. The van der Waals surface area contributed by atoms with Crippen LogP contribution in [0.4, 0.5) is 5.69 Å². The van der Waals surface area contributed by atoms with Gasteiger partial charge in [-0.2, -0.15) is 0 Å². The Hall–Kier alpha value is -2.12. The zero-order valence-corrected chi connectivity index (χ0v) is 12.4. The molecule has 0 aliphatic carbocycles. The second kappa shape index (κ2) is 7.77. The molecule has 22 heavy (non-hydrogen) atoms. The van der Waals surface area contributed by atoms with Gasteiger partial charge in [-0.3, -0.25) is 14.5 Å². The fourth-order valence-electron chi connectivity index (χ4n) is 2.39. The van der Waals surface area contributed by atoms with Gasteiger partial charge >= 0.3 is 5.97 Å². The van der Waals surface area contributed by atoms with Crippen molar-refractivity contribution >= 4 is 17.6 Å². The lowest BCUT2D eigenvalue weighted by Gasteiger charge is -2.31. The van der Waals surface area contributed by atoms with Crippen molar-refractivity contribution in [2.24, 2.45) is 0 Å². The summed E-state index contributed by atoms with van der Waals surface area (Å²) in [7, 11) is 1.51. The van der Waals surface area contributed by atoms with Gasteiger partial charge in [0.15, 0.2) is 0 Å². The maximum atomic E-state index is 12.2. The van der Waals surface area contributed by atoms with Gasteiger partial charge < -0.3 is 19.9 Å². The Kier molecular flexibility index (Phi) is 5.74. The minimum Gasteiger partial charge on any atom is -0.495 e. The van der Waals surface area contributed by atoms with Crippen molar-refractivity contribution in [3.8, 4) is 5.75 Å². The van der Waals surface area contributed by atoms with Gasteiger partial charge in [-0.05, 0) is 12.1 Å². The van der Waals surface area contributed by atoms with E-state index in [1.54, 1.807) is 29.2 Å². The molecule has 1 aromatic carbocycles. The van der Waals surface area contributed by atoms with Gasteiger partial charge in [0.2, 0.25) is 5.91 Å². The summed E-state index contributed by atoms with van der Waals surface area (Å²) in [5.41, 5.74) is 0.529. The van der Waals surface area contributed by atoms with Crippen molar-refractivity contribution in [3.05, 3.63) is 24.3 Å². The number of carboxylic acid groups (broad SMARTS) is 1. The molecule has 0 aromatic heterocycles. The summed E-state index contributed by atoms with van der Waals surface area (Å²) in [6.45, 7) is 1.99. The van der Waals surface area contributed by atoms with Crippen molar-refractivity contribution in [1.82, 2.24) is 4.90 Å². The van der Waals surface area contributed by atoms with Crippen LogP contribution in [0.2, 0.25) is 0 Å². The van der Waals surface area contributed by atoms with Gasteiger partial charge in [-0.1, -0.05) is 12.1 Å². The van der Waals surface area contributed by atoms with Crippen LogP contribution in [0.5, 0.6) is 5.75 Å². The number of hydrogen-bond donors (Lipinski definition) is 2. The van der Waals surface area contributed by atoms with Crippen molar-refractivity contribution in [3.63, 3.8) is 0 Å². The van der Waals surface area contributed by atoms with E-state index < -0.39 is 12.0 Å². The van der Waals surface area contributed by atoms with Crippen molar-refractivity contribution in [2.45, 2.75) is 12.5 Å².